The molecule has 2 heteroatoms. The Morgan fingerprint density at radius 2 is 1.40 bits per heavy atom. The molecule has 0 saturated heterocycles. The van der Waals surface area contributed by atoms with Crippen LogP contribution in [-0.2, 0) is 32.7 Å². The summed E-state index contributed by atoms with van der Waals surface area (Å²) in [5.41, 5.74) is 0. The molecule has 0 rings (SSSR count). The van der Waals surface area contributed by atoms with Crippen molar-refractivity contribution in [1.29, 1.82) is 0 Å². The van der Waals surface area contributed by atoms with E-state index in [0.717, 1.165) is 0 Å². The van der Waals surface area contributed by atoms with Crippen LogP contribution < -0.4 is 0 Å². The van der Waals surface area contributed by atoms with Crippen LogP contribution in [0.2, 0.25) is 0 Å². The van der Waals surface area contributed by atoms with Crippen molar-refractivity contribution in [2.24, 2.45) is 0 Å². The fourth-order valence-corrected chi connectivity index (χ4v) is 0. The van der Waals surface area contributed by atoms with E-state index in [9.17, 15) is 0 Å². The number of thiol groups is 1. The second-order valence-corrected chi connectivity index (χ2v) is 2.13. The monoisotopic (exact) mass is 165 g/mol. The Morgan fingerprint density at radius 1 is 1.40 bits per heavy atom. The first-order valence-electron chi connectivity index (χ1n) is 1.41. The van der Waals surface area contributed by atoms with Crippen molar-refractivity contribution in [3.8, 4) is 0 Å². The maximum absolute atomic E-state index is 3.97. The molecule has 0 atom stereocenters. The molecule has 0 N–H and O–H groups in total. The van der Waals surface area contributed by atoms with Gasteiger partial charge in [0.1, 0.15) is 0 Å². The molecular weight excluding hydrogens is 157 g/mol. The van der Waals surface area contributed by atoms with Crippen LogP contribution in [0.15, 0.2) is 0 Å². The molecule has 5 heavy (non-hydrogen) atoms. The van der Waals surface area contributed by atoms with Crippen LogP contribution in [0.4, 0.5) is 0 Å². The average Bonchev–Trinajstić information content (AvgIpc) is 0.811. The summed E-state index contributed by atoms with van der Waals surface area (Å²) in [4.78, 5) is 0. The predicted octanol–water partition coefficient (Wildman–Crippen LogP) is 1.32. The largest absolute Gasteiger partial charge is 0.177 e. The van der Waals surface area contributed by atoms with Gasteiger partial charge in [-0.05, 0) is 5.25 Å². The van der Waals surface area contributed by atoms with Crippen molar-refractivity contribution in [3.05, 3.63) is 0 Å². The van der Waals surface area contributed by atoms with Gasteiger partial charge in [0.05, 0.1) is 0 Å². The van der Waals surface area contributed by atoms with Crippen LogP contribution in [-0.4, -0.2) is 5.25 Å². The molecule has 0 fully saturated rings. The number of hydrogen-bond donors (Lipinski definition) is 1. The molecule has 0 aliphatic rings. The molecule has 0 aromatic heterocycles. The Balaban J connectivity index is 0. The standard InChI is InChI=1S/C3H8S.Y/c1-3(2)4;/h3-4H,1-2H3;. The molecule has 0 nitrogen and oxygen atoms in total. The molecule has 29 valence electrons. The fourth-order valence-electron chi connectivity index (χ4n) is 0. The Morgan fingerprint density at radius 3 is 1.40 bits per heavy atom. The van der Waals surface area contributed by atoms with Crippen molar-refractivity contribution < 1.29 is 32.7 Å². The zero-order valence-electron chi connectivity index (χ0n) is 3.60. The van der Waals surface area contributed by atoms with Gasteiger partial charge in [0.2, 0.25) is 0 Å². The first kappa shape index (κ1) is 9.68. The maximum Gasteiger partial charge on any atom is 0 e. The Hall–Kier alpha value is 1.45. The molecule has 0 bridgehead atoms. The molecule has 0 saturated carbocycles. The Labute approximate surface area is 64.0 Å². The third-order valence-corrected chi connectivity index (χ3v) is 0. The normalized spacial score (nSPS) is 7.20. The van der Waals surface area contributed by atoms with Crippen molar-refractivity contribution in [2.45, 2.75) is 19.1 Å². The van der Waals surface area contributed by atoms with E-state index in [-0.39, 0.29) is 32.7 Å². The summed E-state index contributed by atoms with van der Waals surface area (Å²) >= 11 is 3.97. The number of rotatable bonds is 0. The molecule has 1 radical (unpaired) electrons. The van der Waals surface area contributed by atoms with Crippen molar-refractivity contribution in [1.82, 2.24) is 0 Å². The van der Waals surface area contributed by atoms with E-state index < -0.39 is 0 Å². The van der Waals surface area contributed by atoms with Gasteiger partial charge in [0.15, 0.2) is 0 Å². The van der Waals surface area contributed by atoms with Gasteiger partial charge < -0.3 is 0 Å². The predicted molar refractivity (Wildman–Crippen MR) is 24.1 cm³/mol. The third kappa shape index (κ3) is 30.8. The first-order chi connectivity index (χ1) is 1.73. The smallest absolute Gasteiger partial charge is 0 e. The van der Waals surface area contributed by atoms with Gasteiger partial charge in [-0.3, -0.25) is 0 Å². The van der Waals surface area contributed by atoms with Crippen LogP contribution in [0.3, 0.4) is 0 Å². The van der Waals surface area contributed by atoms with E-state index in [1.807, 2.05) is 13.8 Å². The molecule has 0 heterocycles. The Kier molecular flexibility index (Phi) is 10.6. The summed E-state index contributed by atoms with van der Waals surface area (Å²) in [6.07, 6.45) is 0. The van der Waals surface area contributed by atoms with Crippen LogP contribution in [0.5, 0.6) is 0 Å². The van der Waals surface area contributed by atoms with Crippen LogP contribution in [0.1, 0.15) is 13.8 Å². The zero-order chi connectivity index (χ0) is 3.58. The van der Waals surface area contributed by atoms with Crippen LogP contribution >= 0.6 is 12.6 Å². The van der Waals surface area contributed by atoms with Crippen LogP contribution in [0.25, 0.3) is 0 Å². The van der Waals surface area contributed by atoms with E-state index in [2.05, 4.69) is 12.6 Å². The quantitative estimate of drug-likeness (QED) is 0.514. The molecular formula is C3H8SY. The van der Waals surface area contributed by atoms with Gasteiger partial charge in [0.25, 0.3) is 0 Å². The fraction of sp³-hybridized carbons (Fsp3) is 1.00. The summed E-state index contributed by atoms with van der Waals surface area (Å²) in [5, 5.41) is 0.528. The van der Waals surface area contributed by atoms with Crippen molar-refractivity contribution in [3.63, 3.8) is 0 Å². The minimum Gasteiger partial charge on any atom is -0.177 e. The molecule has 0 spiro atoms. The topological polar surface area (TPSA) is 0 Å². The van der Waals surface area contributed by atoms with Gasteiger partial charge in [0, 0.05) is 32.7 Å². The number of hydrogen-bond acceptors (Lipinski definition) is 1. The van der Waals surface area contributed by atoms with Gasteiger partial charge in [-0.25, -0.2) is 0 Å². The summed E-state index contributed by atoms with van der Waals surface area (Å²) in [6.45, 7) is 4.06. The summed E-state index contributed by atoms with van der Waals surface area (Å²) in [6, 6.07) is 0. The van der Waals surface area contributed by atoms with E-state index in [1.54, 1.807) is 0 Å². The zero-order valence-corrected chi connectivity index (χ0v) is 7.33. The second kappa shape index (κ2) is 5.45. The molecule has 0 aromatic carbocycles. The minimum atomic E-state index is 0. The van der Waals surface area contributed by atoms with E-state index in [0.29, 0.717) is 5.25 Å². The molecule has 0 aliphatic heterocycles. The van der Waals surface area contributed by atoms with Crippen LogP contribution in [0, 0.1) is 0 Å². The second-order valence-electron chi connectivity index (χ2n) is 1.09. The molecule has 0 unspecified atom stereocenters. The average molecular weight is 165 g/mol. The molecule has 0 aliphatic carbocycles. The van der Waals surface area contributed by atoms with E-state index in [4.69, 9.17) is 0 Å². The minimum absolute atomic E-state index is 0. The van der Waals surface area contributed by atoms with Crippen molar-refractivity contribution in [2.75, 3.05) is 0 Å². The summed E-state index contributed by atoms with van der Waals surface area (Å²) in [5.74, 6) is 0. The van der Waals surface area contributed by atoms with E-state index >= 15 is 0 Å². The SMILES string of the molecule is CC(C)S.[Y]. The summed E-state index contributed by atoms with van der Waals surface area (Å²) in [7, 11) is 0. The van der Waals surface area contributed by atoms with E-state index in [1.165, 1.54) is 0 Å². The van der Waals surface area contributed by atoms with Gasteiger partial charge in [-0.15, -0.1) is 0 Å². The third-order valence-electron chi connectivity index (χ3n) is 0. The molecule has 0 amide bonds. The van der Waals surface area contributed by atoms with Crippen molar-refractivity contribution >= 4 is 12.6 Å². The first-order valence-corrected chi connectivity index (χ1v) is 1.93. The van der Waals surface area contributed by atoms with Gasteiger partial charge >= 0.3 is 0 Å². The summed E-state index contributed by atoms with van der Waals surface area (Å²) < 4.78 is 0. The Bertz CT molecular complexity index is 11.6. The maximum atomic E-state index is 3.97. The van der Waals surface area contributed by atoms with Gasteiger partial charge in [-0.1, -0.05) is 13.8 Å². The molecule has 0 aromatic rings. The van der Waals surface area contributed by atoms with Gasteiger partial charge in [-0.2, -0.15) is 12.6 Å².